The zero-order valence-electron chi connectivity index (χ0n) is 10.9. The Hall–Kier alpha value is -1.78. The van der Waals surface area contributed by atoms with Gasteiger partial charge in [-0.25, -0.2) is 0 Å². The minimum Gasteiger partial charge on any atom is -0.393 e. The summed E-state index contributed by atoms with van der Waals surface area (Å²) in [6.07, 6.45) is -1.56. The van der Waals surface area contributed by atoms with E-state index in [0.29, 0.717) is 0 Å². The number of hydrogen-bond donors (Lipinski definition) is 1. The monoisotopic (exact) mass is 278 g/mol. The summed E-state index contributed by atoms with van der Waals surface area (Å²) in [5.41, 5.74) is 0.627. The molecule has 0 fully saturated rings. The van der Waals surface area contributed by atoms with Crippen LogP contribution in [0.15, 0.2) is 60.7 Å². The Bertz CT molecular complexity index is 515. The molecule has 20 heavy (non-hydrogen) atoms. The maximum atomic E-state index is 14.2. The molecule has 0 aliphatic heterocycles. The van der Waals surface area contributed by atoms with Gasteiger partial charge in [0.1, 0.15) is 6.10 Å². The molecule has 2 aromatic carbocycles. The minimum atomic E-state index is -3.23. The number of rotatable bonds is 6. The third-order valence-electron chi connectivity index (χ3n) is 3.02. The molecule has 0 unspecified atom stereocenters. The standard InChI is InChI=1S/C16H16F2O2/c17-16(18,14-9-5-2-6-10-14)15(11-19)20-12-13-7-3-1-4-8-13/h1-10,15,19H,11-12H2/t15-/m1/s1. The second kappa shape index (κ2) is 6.59. The van der Waals surface area contributed by atoms with E-state index in [1.54, 1.807) is 18.2 Å². The molecule has 0 radical (unpaired) electrons. The summed E-state index contributed by atoms with van der Waals surface area (Å²) >= 11 is 0. The summed E-state index contributed by atoms with van der Waals surface area (Å²) in [5.74, 6) is -3.23. The molecule has 0 aromatic heterocycles. The summed E-state index contributed by atoms with van der Waals surface area (Å²) in [5, 5.41) is 9.20. The van der Waals surface area contributed by atoms with Gasteiger partial charge in [-0.1, -0.05) is 60.7 Å². The van der Waals surface area contributed by atoms with Gasteiger partial charge in [0.2, 0.25) is 0 Å². The Kier molecular flexibility index (Phi) is 4.82. The molecule has 2 rings (SSSR count). The molecule has 0 saturated heterocycles. The smallest absolute Gasteiger partial charge is 0.301 e. The third kappa shape index (κ3) is 3.40. The van der Waals surface area contributed by atoms with E-state index in [9.17, 15) is 13.9 Å². The Balaban J connectivity index is 2.08. The van der Waals surface area contributed by atoms with Crippen LogP contribution in [0.2, 0.25) is 0 Å². The van der Waals surface area contributed by atoms with Crippen molar-refractivity contribution < 1.29 is 18.6 Å². The Morgan fingerprint density at radius 1 is 0.950 bits per heavy atom. The van der Waals surface area contributed by atoms with Gasteiger partial charge in [0.05, 0.1) is 13.2 Å². The Morgan fingerprint density at radius 2 is 1.50 bits per heavy atom. The van der Waals surface area contributed by atoms with Crippen LogP contribution in [0.4, 0.5) is 8.78 Å². The van der Waals surface area contributed by atoms with E-state index in [1.807, 2.05) is 18.2 Å². The first-order valence-electron chi connectivity index (χ1n) is 6.34. The lowest BCUT2D eigenvalue weighted by Gasteiger charge is -2.26. The number of aliphatic hydroxyl groups is 1. The number of aliphatic hydroxyl groups excluding tert-OH is 1. The van der Waals surface area contributed by atoms with Crippen LogP contribution in [0.3, 0.4) is 0 Å². The van der Waals surface area contributed by atoms with Gasteiger partial charge in [0.15, 0.2) is 0 Å². The van der Waals surface area contributed by atoms with E-state index in [-0.39, 0.29) is 12.2 Å². The van der Waals surface area contributed by atoms with Crippen molar-refractivity contribution in [2.45, 2.75) is 18.6 Å². The number of hydrogen-bond acceptors (Lipinski definition) is 2. The van der Waals surface area contributed by atoms with Crippen LogP contribution in [-0.4, -0.2) is 17.8 Å². The maximum Gasteiger partial charge on any atom is 0.301 e. The first-order chi connectivity index (χ1) is 9.64. The molecule has 0 bridgehead atoms. The van der Waals surface area contributed by atoms with Crippen molar-refractivity contribution in [2.75, 3.05) is 6.61 Å². The lowest BCUT2D eigenvalue weighted by molar-refractivity contribution is -0.164. The minimum absolute atomic E-state index is 0.0362. The zero-order valence-corrected chi connectivity index (χ0v) is 10.9. The van der Waals surface area contributed by atoms with Crippen LogP contribution < -0.4 is 0 Å². The highest BCUT2D eigenvalue weighted by Gasteiger charge is 2.41. The number of halogens is 2. The first kappa shape index (κ1) is 14.6. The lowest BCUT2D eigenvalue weighted by Crippen LogP contribution is -2.36. The molecular formula is C16H16F2O2. The molecular weight excluding hydrogens is 262 g/mol. The maximum absolute atomic E-state index is 14.2. The third-order valence-corrected chi connectivity index (χ3v) is 3.02. The number of ether oxygens (including phenoxy) is 1. The van der Waals surface area contributed by atoms with E-state index in [4.69, 9.17) is 4.74 Å². The molecule has 0 amide bonds. The summed E-state index contributed by atoms with van der Waals surface area (Å²) in [6.45, 7) is -0.705. The topological polar surface area (TPSA) is 29.5 Å². The zero-order chi connectivity index (χ0) is 14.4. The molecule has 2 nitrogen and oxygen atoms in total. The van der Waals surface area contributed by atoms with Gasteiger partial charge in [-0.3, -0.25) is 0 Å². The molecule has 106 valence electrons. The van der Waals surface area contributed by atoms with E-state index < -0.39 is 18.6 Å². The quantitative estimate of drug-likeness (QED) is 0.878. The van der Waals surface area contributed by atoms with Crippen molar-refractivity contribution in [2.24, 2.45) is 0 Å². The van der Waals surface area contributed by atoms with Gasteiger partial charge in [0.25, 0.3) is 0 Å². The van der Waals surface area contributed by atoms with Crippen LogP contribution in [-0.2, 0) is 17.3 Å². The van der Waals surface area contributed by atoms with E-state index in [1.165, 1.54) is 24.3 Å². The van der Waals surface area contributed by atoms with Gasteiger partial charge in [-0.15, -0.1) is 0 Å². The number of alkyl halides is 2. The van der Waals surface area contributed by atoms with Crippen molar-refractivity contribution >= 4 is 0 Å². The van der Waals surface area contributed by atoms with Crippen LogP contribution in [0, 0.1) is 0 Å². The molecule has 0 heterocycles. The van der Waals surface area contributed by atoms with Gasteiger partial charge < -0.3 is 9.84 Å². The molecule has 0 aliphatic carbocycles. The van der Waals surface area contributed by atoms with E-state index >= 15 is 0 Å². The molecule has 4 heteroatoms. The number of benzene rings is 2. The summed E-state index contributed by atoms with van der Waals surface area (Å²) < 4.78 is 33.7. The average Bonchev–Trinajstić information content (AvgIpc) is 2.49. The predicted molar refractivity (Wildman–Crippen MR) is 72.4 cm³/mol. The molecule has 0 aliphatic rings. The molecule has 2 aromatic rings. The Morgan fingerprint density at radius 3 is 2.05 bits per heavy atom. The predicted octanol–water partition coefficient (Wildman–Crippen LogP) is 3.36. The average molecular weight is 278 g/mol. The van der Waals surface area contributed by atoms with Crippen molar-refractivity contribution in [3.8, 4) is 0 Å². The second-order valence-electron chi connectivity index (χ2n) is 4.46. The van der Waals surface area contributed by atoms with Crippen molar-refractivity contribution in [3.63, 3.8) is 0 Å². The van der Waals surface area contributed by atoms with Crippen LogP contribution in [0.5, 0.6) is 0 Å². The summed E-state index contributed by atoms with van der Waals surface area (Å²) in [4.78, 5) is 0. The SMILES string of the molecule is OC[C@@H](OCc1ccccc1)C(F)(F)c1ccccc1. The Labute approximate surface area is 116 Å². The van der Waals surface area contributed by atoms with Gasteiger partial charge in [-0.05, 0) is 5.56 Å². The summed E-state index contributed by atoms with van der Waals surface area (Å²) in [6, 6.07) is 16.4. The van der Waals surface area contributed by atoms with E-state index in [2.05, 4.69) is 0 Å². The van der Waals surface area contributed by atoms with Crippen LogP contribution >= 0.6 is 0 Å². The first-order valence-corrected chi connectivity index (χ1v) is 6.34. The second-order valence-corrected chi connectivity index (χ2v) is 4.46. The highest BCUT2D eigenvalue weighted by molar-refractivity contribution is 5.21. The fraction of sp³-hybridized carbons (Fsp3) is 0.250. The molecule has 0 spiro atoms. The highest BCUT2D eigenvalue weighted by Crippen LogP contribution is 2.33. The van der Waals surface area contributed by atoms with E-state index in [0.717, 1.165) is 5.56 Å². The molecule has 1 N–H and O–H groups in total. The summed E-state index contributed by atoms with van der Waals surface area (Å²) in [7, 11) is 0. The van der Waals surface area contributed by atoms with Gasteiger partial charge >= 0.3 is 5.92 Å². The fourth-order valence-corrected chi connectivity index (χ4v) is 1.89. The van der Waals surface area contributed by atoms with Crippen LogP contribution in [0.25, 0.3) is 0 Å². The van der Waals surface area contributed by atoms with Crippen molar-refractivity contribution in [3.05, 3.63) is 71.8 Å². The van der Waals surface area contributed by atoms with Gasteiger partial charge in [0, 0.05) is 5.56 Å². The lowest BCUT2D eigenvalue weighted by atomic mass is 10.0. The largest absolute Gasteiger partial charge is 0.393 e. The normalized spacial score (nSPS) is 13.2. The fourth-order valence-electron chi connectivity index (χ4n) is 1.89. The van der Waals surface area contributed by atoms with Crippen LogP contribution in [0.1, 0.15) is 11.1 Å². The van der Waals surface area contributed by atoms with Crippen molar-refractivity contribution in [1.29, 1.82) is 0 Å². The highest BCUT2D eigenvalue weighted by atomic mass is 19.3. The van der Waals surface area contributed by atoms with Crippen molar-refractivity contribution in [1.82, 2.24) is 0 Å². The molecule has 0 saturated carbocycles. The molecule has 1 atom stereocenters. The van der Waals surface area contributed by atoms with Gasteiger partial charge in [-0.2, -0.15) is 8.78 Å².